The third-order valence-corrected chi connectivity index (χ3v) is 5.92. The van der Waals surface area contributed by atoms with Gasteiger partial charge in [-0.3, -0.25) is 4.79 Å². The molecular formula is C22H33NO4. The van der Waals surface area contributed by atoms with Crippen LogP contribution in [0, 0.1) is 5.92 Å². The Kier molecular flexibility index (Phi) is 7.68. The second-order valence-corrected chi connectivity index (χ2v) is 7.84. The second-order valence-electron chi connectivity index (χ2n) is 7.84. The lowest BCUT2D eigenvalue weighted by atomic mass is 9.78. The minimum absolute atomic E-state index is 0.0274. The van der Waals surface area contributed by atoms with E-state index in [4.69, 9.17) is 14.2 Å². The molecule has 1 amide bonds. The standard InChI is InChI=1S/C22H33NO4/c1-25-14-9-21(24)23-12-10-22(11-13-23)17-19(8-16-27-22)7-15-26-18-20-5-3-2-4-6-20/h2-6,19H,7-18H2,1H3. The molecule has 2 saturated heterocycles. The summed E-state index contributed by atoms with van der Waals surface area (Å²) in [5.74, 6) is 0.860. The monoisotopic (exact) mass is 375 g/mol. The van der Waals surface area contributed by atoms with Crippen molar-refractivity contribution in [2.75, 3.05) is 40.0 Å². The number of hydrogen-bond donors (Lipinski definition) is 0. The lowest BCUT2D eigenvalue weighted by Gasteiger charge is -2.46. The Balaban J connectivity index is 1.38. The van der Waals surface area contributed by atoms with E-state index in [0.717, 1.165) is 58.4 Å². The maximum Gasteiger partial charge on any atom is 0.224 e. The van der Waals surface area contributed by atoms with Crippen LogP contribution in [0.2, 0.25) is 0 Å². The van der Waals surface area contributed by atoms with Crippen molar-refractivity contribution in [2.24, 2.45) is 5.92 Å². The molecule has 5 nitrogen and oxygen atoms in total. The third-order valence-electron chi connectivity index (χ3n) is 5.92. The van der Waals surface area contributed by atoms with E-state index < -0.39 is 0 Å². The number of likely N-dealkylation sites (tertiary alicyclic amines) is 1. The first kappa shape index (κ1) is 20.3. The highest BCUT2D eigenvalue weighted by Gasteiger charge is 2.40. The van der Waals surface area contributed by atoms with Crippen molar-refractivity contribution in [3.63, 3.8) is 0 Å². The minimum atomic E-state index is -0.0274. The van der Waals surface area contributed by atoms with Gasteiger partial charge in [0.1, 0.15) is 0 Å². The van der Waals surface area contributed by atoms with Gasteiger partial charge >= 0.3 is 0 Å². The molecule has 27 heavy (non-hydrogen) atoms. The molecule has 1 atom stereocenters. The number of piperidine rings is 1. The molecule has 1 aromatic carbocycles. The highest BCUT2D eigenvalue weighted by Crippen LogP contribution is 2.38. The molecule has 0 aliphatic carbocycles. The second kappa shape index (κ2) is 10.2. The molecule has 0 bridgehead atoms. The number of amides is 1. The van der Waals surface area contributed by atoms with E-state index in [1.807, 2.05) is 23.1 Å². The molecule has 5 heteroatoms. The molecule has 2 fully saturated rings. The van der Waals surface area contributed by atoms with Gasteiger partial charge in [-0.25, -0.2) is 0 Å². The Morgan fingerprint density at radius 1 is 1.22 bits per heavy atom. The first-order chi connectivity index (χ1) is 13.2. The summed E-state index contributed by atoms with van der Waals surface area (Å²) >= 11 is 0. The normalized spacial score (nSPS) is 22.1. The largest absolute Gasteiger partial charge is 0.384 e. The highest BCUT2D eigenvalue weighted by atomic mass is 16.5. The summed E-state index contributed by atoms with van der Waals surface area (Å²) in [6.45, 7) is 4.44. The van der Waals surface area contributed by atoms with E-state index in [9.17, 15) is 4.79 Å². The minimum Gasteiger partial charge on any atom is -0.384 e. The average Bonchev–Trinajstić information content (AvgIpc) is 2.71. The molecule has 2 aliphatic heterocycles. The van der Waals surface area contributed by atoms with Crippen molar-refractivity contribution in [3.05, 3.63) is 35.9 Å². The van der Waals surface area contributed by atoms with Gasteiger partial charge in [0.05, 0.1) is 25.2 Å². The van der Waals surface area contributed by atoms with Crippen LogP contribution in [-0.4, -0.2) is 56.4 Å². The maximum atomic E-state index is 12.2. The number of ether oxygens (including phenoxy) is 3. The Morgan fingerprint density at radius 3 is 2.74 bits per heavy atom. The van der Waals surface area contributed by atoms with Gasteiger partial charge in [-0.05, 0) is 43.6 Å². The van der Waals surface area contributed by atoms with E-state index in [1.54, 1.807) is 7.11 Å². The number of carbonyl (C=O) groups is 1. The summed E-state index contributed by atoms with van der Waals surface area (Å²) in [5.41, 5.74) is 1.20. The number of carbonyl (C=O) groups excluding carboxylic acids is 1. The average molecular weight is 376 g/mol. The van der Waals surface area contributed by atoms with Gasteiger partial charge in [-0.2, -0.15) is 0 Å². The first-order valence-corrected chi connectivity index (χ1v) is 10.2. The highest BCUT2D eigenvalue weighted by molar-refractivity contribution is 5.76. The maximum absolute atomic E-state index is 12.2. The first-order valence-electron chi connectivity index (χ1n) is 10.2. The predicted octanol–water partition coefficient (Wildman–Crippen LogP) is 3.42. The quantitative estimate of drug-likeness (QED) is 0.653. The summed E-state index contributed by atoms with van der Waals surface area (Å²) in [7, 11) is 1.64. The number of nitrogens with zero attached hydrogens (tertiary/aromatic N) is 1. The van der Waals surface area contributed by atoms with Gasteiger partial charge in [-0.15, -0.1) is 0 Å². The summed E-state index contributed by atoms with van der Waals surface area (Å²) in [4.78, 5) is 14.1. The van der Waals surface area contributed by atoms with Crippen LogP contribution in [0.4, 0.5) is 0 Å². The topological polar surface area (TPSA) is 48.0 Å². The van der Waals surface area contributed by atoms with Crippen LogP contribution < -0.4 is 0 Å². The van der Waals surface area contributed by atoms with E-state index in [1.165, 1.54) is 5.56 Å². The van der Waals surface area contributed by atoms with Crippen molar-refractivity contribution in [3.8, 4) is 0 Å². The van der Waals surface area contributed by atoms with Gasteiger partial charge < -0.3 is 19.1 Å². The van der Waals surface area contributed by atoms with E-state index in [2.05, 4.69) is 12.1 Å². The zero-order valence-corrected chi connectivity index (χ0v) is 16.5. The van der Waals surface area contributed by atoms with Crippen LogP contribution in [-0.2, 0) is 25.6 Å². The Morgan fingerprint density at radius 2 is 2.00 bits per heavy atom. The lowest BCUT2D eigenvalue weighted by molar-refractivity contribution is -0.148. The van der Waals surface area contributed by atoms with E-state index >= 15 is 0 Å². The fourth-order valence-electron chi connectivity index (χ4n) is 4.25. The smallest absolute Gasteiger partial charge is 0.224 e. The van der Waals surface area contributed by atoms with Gasteiger partial charge in [0.15, 0.2) is 0 Å². The molecule has 0 N–H and O–H groups in total. The molecule has 150 valence electrons. The molecule has 0 saturated carbocycles. The predicted molar refractivity (Wildman–Crippen MR) is 104 cm³/mol. The summed E-state index contributed by atoms with van der Waals surface area (Å²) in [6.07, 6.45) is 5.69. The van der Waals surface area contributed by atoms with Gasteiger partial charge in [0.2, 0.25) is 5.91 Å². The van der Waals surface area contributed by atoms with Crippen LogP contribution in [0.3, 0.4) is 0 Å². The Labute approximate surface area is 163 Å². The van der Waals surface area contributed by atoms with Crippen LogP contribution in [0.1, 0.15) is 44.1 Å². The third kappa shape index (κ3) is 6.03. The summed E-state index contributed by atoms with van der Waals surface area (Å²) in [6, 6.07) is 10.3. The number of hydrogen-bond acceptors (Lipinski definition) is 4. The molecule has 3 rings (SSSR count). The van der Waals surface area contributed by atoms with Gasteiger partial charge in [0.25, 0.3) is 0 Å². The molecule has 2 aliphatic rings. The summed E-state index contributed by atoms with van der Waals surface area (Å²) in [5, 5.41) is 0. The SMILES string of the molecule is COCCC(=O)N1CCC2(CC1)CC(CCOCc1ccccc1)CCO2. The molecule has 1 aromatic rings. The van der Waals surface area contributed by atoms with Crippen molar-refractivity contribution in [2.45, 2.75) is 50.7 Å². The number of benzene rings is 1. The van der Waals surface area contributed by atoms with Crippen LogP contribution in [0.5, 0.6) is 0 Å². The van der Waals surface area contributed by atoms with Gasteiger partial charge in [0, 0.05) is 33.4 Å². The van der Waals surface area contributed by atoms with Crippen LogP contribution >= 0.6 is 0 Å². The molecule has 0 aromatic heterocycles. The number of rotatable bonds is 8. The van der Waals surface area contributed by atoms with Crippen molar-refractivity contribution in [1.29, 1.82) is 0 Å². The summed E-state index contributed by atoms with van der Waals surface area (Å²) < 4.78 is 17.1. The zero-order valence-electron chi connectivity index (χ0n) is 16.5. The van der Waals surface area contributed by atoms with Gasteiger partial charge in [-0.1, -0.05) is 30.3 Å². The van der Waals surface area contributed by atoms with Crippen molar-refractivity contribution >= 4 is 5.91 Å². The molecule has 1 unspecified atom stereocenters. The van der Waals surface area contributed by atoms with Crippen molar-refractivity contribution < 1.29 is 19.0 Å². The van der Waals surface area contributed by atoms with Crippen molar-refractivity contribution in [1.82, 2.24) is 4.90 Å². The zero-order chi connectivity index (χ0) is 19.0. The Hall–Kier alpha value is -1.43. The fraction of sp³-hybridized carbons (Fsp3) is 0.682. The molecule has 1 spiro atoms. The van der Waals surface area contributed by atoms with Crippen LogP contribution in [0.25, 0.3) is 0 Å². The number of methoxy groups -OCH3 is 1. The fourth-order valence-corrected chi connectivity index (χ4v) is 4.25. The van der Waals surface area contributed by atoms with Crippen LogP contribution in [0.15, 0.2) is 30.3 Å². The molecular weight excluding hydrogens is 342 g/mol. The lowest BCUT2D eigenvalue weighted by Crippen LogP contribution is -2.51. The molecule has 2 heterocycles. The van der Waals surface area contributed by atoms with E-state index in [0.29, 0.717) is 25.6 Å². The Bertz CT molecular complexity index is 569. The van der Waals surface area contributed by atoms with E-state index in [-0.39, 0.29) is 11.5 Å². The molecule has 0 radical (unpaired) electrons.